The van der Waals surface area contributed by atoms with E-state index in [1.807, 2.05) is 67.6 Å². The molecule has 2 heterocycles. The average molecular weight is 555 g/mol. The van der Waals surface area contributed by atoms with E-state index in [0.717, 1.165) is 10.9 Å². The normalized spacial score (nSPS) is 11.2. The van der Waals surface area contributed by atoms with Crippen molar-refractivity contribution in [2.75, 3.05) is 26.9 Å². The molecule has 5 aromatic rings. The molecule has 5 rings (SSSR count). The zero-order valence-corrected chi connectivity index (χ0v) is 23.3. The first-order valence-electron chi connectivity index (χ1n) is 13.2. The van der Waals surface area contributed by atoms with Gasteiger partial charge in [-0.2, -0.15) is 0 Å². The van der Waals surface area contributed by atoms with Gasteiger partial charge in [0.2, 0.25) is 0 Å². The summed E-state index contributed by atoms with van der Waals surface area (Å²) in [6.07, 6.45) is 0. The third-order valence-electron chi connectivity index (χ3n) is 6.64. The number of pyridine rings is 1. The van der Waals surface area contributed by atoms with Gasteiger partial charge in [0.25, 0.3) is 11.5 Å². The van der Waals surface area contributed by atoms with E-state index in [4.69, 9.17) is 9.47 Å². The summed E-state index contributed by atoms with van der Waals surface area (Å²) < 4.78 is 13.7. The molecule has 0 aliphatic rings. The lowest BCUT2D eigenvalue weighted by molar-refractivity contribution is 0.0780. The van der Waals surface area contributed by atoms with Gasteiger partial charge in [0.1, 0.15) is 16.9 Å². The SMILES string of the molecule is CCOCCOc1c(C(=O)N(C)Cc2ccccc2)sc2c1c(=O)n(CC(=O)c1ccccc1)c1ccccc21. The molecule has 2 aromatic heterocycles. The smallest absolute Gasteiger partial charge is 0.267 e. The van der Waals surface area contributed by atoms with E-state index in [-0.39, 0.29) is 36.2 Å². The van der Waals surface area contributed by atoms with E-state index in [2.05, 4.69) is 0 Å². The Bertz CT molecular complexity index is 1710. The number of benzene rings is 3. The lowest BCUT2D eigenvalue weighted by Gasteiger charge is -2.17. The maximum absolute atomic E-state index is 14.1. The second kappa shape index (κ2) is 12.3. The Morgan fingerprint density at radius 2 is 1.57 bits per heavy atom. The van der Waals surface area contributed by atoms with E-state index in [1.54, 1.807) is 36.2 Å². The highest BCUT2D eigenvalue weighted by atomic mass is 32.1. The molecule has 0 aliphatic carbocycles. The summed E-state index contributed by atoms with van der Waals surface area (Å²) in [7, 11) is 1.73. The largest absolute Gasteiger partial charge is 0.489 e. The number of rotatable bonds is 11. The summed E-state index contributed by atoms with van der Waals surface area (Å²) in [6, 6.07) is 26.1. The summed E-state index contributed by atoms with van der Waals surface area (Å²) in [5.74, 6) is -0.187. The topological polar surface area (TPSA) is 77.8 Å². The third kappa shape index (κ3) is 5.54. The molecule has 0 saturated heterocycles. The Morgan fingerprint density at radius 3 is 2.30 bits per heavy atom. The van der Waals surface area contributed by atoms with Crippen molar-refractivity contribution in [1.82, 2.24) is 9.47 Å². The molecule has 0 radical (unpaired) electrons. The van der Waals surface area contributed by atoms with Crippen LogP contribution in [0.5, 0.6) is 5.75 Å². The number of carbonyl (C=O) groups excluding carboxylic acids is 2. The average Bonchev–Trinajstić information content (AvgIpc) is 3.37. The molecular formula is C32H30N2O5S. The van der Waals surface area contributed by atoms with Gasteiger partial charge in [0.05, 0.1) is 23.4 Å². The first-order valence-corrected chi connectivity index (χ1v) is 14.0. The molecule has 7 nitrogen and oxygen atoms in total. The van der Waals surface area contributed by atoms with E-state index >= 15 is 0 Å². The lowest BCUT2D eigenvalue weighted by Crippen LogP contribution is -2.27. The number of Topliss-reactive ketones (excluding diaryl/α,β-unsaturated/α-hetero) is 1. The fraction of sp³-hybridized carbons (Fsp3) is 0.219. The van der Waals surface area contributed by atoms with E-state index in [9.17, 15) is 14.4 Å². The van der Waals surface area contributed by atoms with Crippen LogP contribution in [0.15, 0.2) is 89.7 Å². The number of ether oxygens (including phenoxy) is 2. The molecule has 0 fully saturated rings. The van der Waals surface area contributed by atoms with Crippen LogP contribution < -0.4 is 10.3 Å². The van der Waals surface area contributed by atoms with Crippen molar-refractivity contribution in [2.45, 2.75) is 20.0 Å². The molecule has 0 spiro atoms. The molecule has 40 heavy (non-hydrogen) atoms. The van der Waals surface area contributed by atoms with E-state index in [1.165, 1.54) is 15.9 Å². The van der Waals surface area contributed by atoms with Gasteiger partial charge in [-0.05, 0) is 18.6 Å². The van der Waals surface area contributed by atoms with Crippen LogP contribution in [-0.2, 0) is 17.8 Å². The molecule has 0 N–H and O–H groups in total. The molecule has 3 aromatic carbocycles. The highest BCUT2D eigenvalue weighted by Gasteiger charge is 2.28. The first kappa shape index (κ1) is 27.3. The Kier molecular flexibility index (Phi) is 8.38. The van der Waals surface area contributed by atoms with Crippen molar-refractivity contribution < 1.29 is 19.1 Å². The number of nitrogens with zero attached hydrogens (tertiary/aromatic N) is 2. The van der Waals surface area contributed by atoms with Crippen LogP contribution in [0.25, 0.3) is 21.0 Å². The second-order valence-electron chi connectivity index (χ2n) is 9.35. The van der Waals surface area contributed by atoms with Gasteiger partial charge in [-0.3, -0.25) is 19.0 Å². The second-order valence-corrected chi connectivity index (χ2v) is 10.4. The van der Waals surface area contributed by atoms with Crippen molar-refractivity contribution in [3.05, 3.63) is 111 Å². The number of thiophene rings is 1. The molecule has 204 valence electrons. The number of para-hydroxylation sites is 1. The van der Waals surface area contributed by atoms with Crippen molar-refractivity contribution in [2.24, 2.45) is 0 Å². The summed E-state index contributed by atoms with van der Waals surface area (Å²) in [5, 5.41) is 1.08. The van der Waals surface area contributed by atoms with Gasteiger partial charge in [-0.25, -0.2) is 0 Å². The fourth-order valence-corrected chi connectivity index (χ4v) is 5.95. The van der Waals surface area contributed by atoms with Crippen LogP contribution in [0.1, 0.15) is 32.5 Å². The number of hydrogen-bond acceptors (Lipinski definition) is 6. The Labute approximate surface area is 236 Å². The van der Waals surface area contributed by atoms with Gasteiger partial charge < -0.3 is 14.4 Å². The summed E-state index contributed by atoms with van der Waals surface area (Å²) >= 11 is 1.25. The lowest BCUT2D eigenvalue weighted by atomic mass is 10.1. The Hall–Kier alpha value is -4.27. The van der Waals surface area contributed by atoms with Crippen molar-refractivity contribution in [1.29, 1.82) is 0 Å². The summed E-state index contributed by atoms with van der Waals surface area (Å²) in [5.41, 5.74) is 1.77. The van der Waals surface area contributed by atoms with Gasteiger partial charge >= 0.3 is 0 Å². The number of hydrogen-bond donors (Lipinski definition) is 0. The molecule has 1 amide bonds. The van der Waals surface area contributed by atoms with E-state index < -0.39 is 0 Å². The minimum Gasteiger partial charge on any atom is -0.489 e. The highest BCUT2D eigenvalue weighted by molar-refractivity contribution is 7.22. The summed E-state index contributed by atoms with van der Waals surface area (Å²) in [6.45, 7) is 3.18. The van der Waals surface area contributed by atoms with E-state index in [0.29, 0.717) is 45.8 Å². The zero-order valence-electron chi connectivity index (χ0n) is 22.5. The Balaban J connectivity index is 1.64. The number of ketones is 1. The quantitative estimate of drug-likeness (QED) is 0.153. The van der Waals surface area contributed by atoms with Crippen LogP contribution in [0.4, 0.5) is 0 Å². The number of amides is 1. The standard InChI is InChI=1S/C32H30N2O5S/c1-3-38-18-19-39-28-27-29(40-30(28)32(37)33(2)20-22-12-6-4-7-13-22)24-16-10-11-17-25(24)34(31(27)36)21-26(35)23-14-8-5-9-15-23/h4-17H,3,18-21H2,1-2H3. The molecule has 0 saturated carbocycles. The van der Waals surface area contributed by atoms with Crippen molar-refractivity contribution >= 4 is 44.0 Å². The molecule has 8 heteroatoms. The predicted molar refractivity (Wildman–Crippen MR) is 159 cm³/mol. The van der Waals surface area contributed by atoms with Crippen LogP contribution >= 0.6 is 11.3 Å². The monoisotopic (exact) mass is 554 g/mol. The molecule has 0 bridgehead atoms. The maximum atomic E-state index is 14.1. The third-order valence-corrected chi connectivity index (χ3v) is 7.83. The van der Waals surface area contributed by atoms with Crippen LogP contribution in [-0.4, -0.2) is 48.0 Å². The zero-order chi connectivity index (χ0) is 28.1. The van der Waals surface area contributed by atoms with Crippen LogP contribution in [0.2, 0.25) is 0 Å². The van der Waals surface area contributed by atoms with Crippen LogP contribution in [0, 0.1) is 0 Å². The number of aromatic nitrogens is 1. The van der Waals surface area contributed by atoms with Gasteiger partial charge in [0.15, 0.2) is 11.5 Å². The first-order chi connectivity index (χ1) is 19.5. The molecule has 0 unspecified atom stereocenters. The molecule has 0 aliphatic heterocycles. The predicted octanol–water partition coefficient (Wildman–Crippen LogP) is 5.79. The minimum atomic E-state index is -0.370. The highest BCUT2D eigenvalue weighted by Crippen LogP contribution is 2.40. The molecular weight excluding hydrogens is 524 g/mol. The van der Waals surface area contributed by atoms with Crippen LogP contribution in [0.3, 0.4) is 0 Å². The van der Waals surface area contributed by atoms with Crippen molar-refractivity contribution in [3.63, 3.8) is 0 Å². The summed E-state index contributed by atoms with van der Waals surface area (Å²) in [4.78, 5) is 43.0. The fourth-order valence-electron chi connectivity index (χ4n) is 4.69. The Morgan fingerprint density at radius 1 is 0.900 bits per heavy atom. The van der Waals surface area contributed by atoms with Gasteiger partial charge in [0, 0.05) is 31.1 Å². The minimum absolute atomic E-state index is 0.134. The molecule has 0 atom stereocenters. The van der Waals surface area contributed by atoms with Gasteiger partial charge in [-0.15, -0.1) is 11.3 Å². The van der Waals surface area contributed by atoms with Gasteiger partial charge in [-0.1, -0.05) is 78.9 Å². The maximum Gasteiger partial charge on any atom is 0.267 e. The number of fused-ring (bicyclic) bond motifs is 3. The number of carbonyl (C=O) groups is 2. The van der Waals surface area contributed by atoms with Crippen molar-refractivity contribution in [3.8, 4) is 5.75 Å².